The number of rotatable bonds is 6. The standard InChI is InChI=1S/C15H22N4/c1-4-9-16-10-11-19(3)15-14-8-6-5-7-13(14)12(2)17-18-15/h5-8,16H,4,9-11H2,1-3H3. The Morgan fingerprint density at radius 1 is 1.11 bits per heavy atom. The third-order valence-electron chi connectivity index (χ3n) is 3.26. The summed E-state index contributed by atoms with van der Waals surface area (Å²) < 4.78 is 0. The Morgan fingerprint density at radius 3 is 2.58 bits per heavy atom. The van der Waals surface area contributed by atoms with Gasteiger partial charge in [0.15, 0.2) is 5.82 Å². The van der Waals surface area contributed by atoms with Gasteiger partial charge in [0, 0.05) is 30.9 Å². The summed E-state index contributed by atoms with van der Waals surface area (Å²) in [6, 6.07) is 8.31. The molecule has 102 valence electrons. The molecule has 0 fully saturated rings. The van der Waals surface area contributed by atoms with Gasteiger partial charge in [0.2, 0.25) is 0 Å². The second-order valence-electron chi connectivity index (χ2n) is 4.83. The molecule has 2 aromatic rings. The zero-order valence-electron chi connectivity index (χ0n) is 12.0. The van der Waals surface area contributed by atoms with Crippen LogP contribution in [0.15, 0.2) is 24.3 Å². The number of fused-ring (bicyclic) bond motifs is 1. The van der Waals surface area contributed by atoms with E-state index in [1.165, 1.54) is 10.8 Å². The smallest absolute Gasteiger partial charge is 0.158 e. The van der Waals surface area contributed by atoms with Crippen molar-refractivity contribution in [3.05, 3.63) is 30.0 Å². The van der Waals surface area contributed by atoms with Crippen molar-refractivity contribution in [1.82, 2.24) is 15.5 Å². The molecule has 4 nitrogen and oxygen atoms in total. The number of benzene rings is 1. The molecule has 0 saturated carbocycles. The molecule has 2 rings (SSSR count). The molecule has 0 amide bonds. The first-order valence-electron chi connectivity index (χ1n) is 6.88. The summed E-state index contributed by atoms with van der Waals surface area (Å²) in [5, 5.41) is 14.4. The number of hydrogen-bond donors (Lipinski definition) is 1. The Balaban J connectivity index is 2.18. The second-order valence-corrected chi connectivity index (χ2v) is 4.83. The van der Waals surface area contributed by atoms with Gasteiger partial charge in [-0.05, 0) is 19.9 Å². The molecule has 0 atom stereocenters. The third kappa shape index (κ3) is 3.20. The number of aryl methyl sites for hydroxylation is 1. The predicted octanol–water partition coefficient (Wildman–Crippen LogP) is 2.37. The summed E-state index contributed by atoms with van der Waals surface area (Å²) in [7, 11) is 2.07. The van der Waals surface area contributed by atoms with Crippen molar-refractivity contribution in [2.75, 3.05) is 31.6 Å². The van der Waals surface area contributed by atoms with E-state index in [1.54, 1.807) is 0 Å². The minimum atomic E-state index is 0.932. The van der Waals surface area contributed by atoms with Crippen LogP contribution < -0.4 is 10.2 Å². The van der Waals surface area contributed by atoms with Gasteiger partial charge in [0.1, 0.15) is 0 Å². The quantitative estimate of drug-likeness (QED) is 0.808. The Kier molecular flexibility index (Phi) is 4.68. The van der Waals surface area contributed by atoms with Gasteiger partial charge in [0.05, 0.1) is 5.69 Å². The van der Waals surface area contributed by atoms with Crippen LogP contribution in [0.4, 0.5) is 5.82 Å². The third-order valence-corrected chi connectivity index (χ3v) is 3.26. The van der Waals surface area contributed by atoms with Gasteiger partial charge in [0.25, 0.3) is 0 Å². The first kappa shape index (κ1) is 13.7. The van der Waals surface area contributed by atoms with Crippen LogP contribution in [0.2, 0.25) is 0 Å². The molecule has 0 radical (unpaired) electrons. The summed E-state index contributed by atoms with van der Waals surface area (Å²) in [5.74, 6) is 0.958. The van der Waals surface area contributed by atoms with Crippen LogP contribution in [0.1, 0.15) is 19.0 Å². The van der Waals surface area contributed by atoms with Crippen LogP contribution in [0.25, 0.3) is 10.8 Å². The van der Waals surface area contributed by atoms with Crippen LogP contribution in [-0.4, -0.2) is 36.9 Å². The molecule has 1 aromatic carbocycles. The van der Waals surface area contributed by atoms with E-state index in [1.807, 2.05) is 13.0 Å². The Morgan fingerprint density at radius 2 is 1.84 bits per heavy atom. The van der Waals surface area contributed by atoms with Gasteiger partial charge in [-0.2, -0.15) is 5.10 Å². The molecule has 1 heterocycles. The van der Waals surface area contributed by atoms with Crippen molar-refractivity contribution < 1.29 is 0 Å². The van der Waals surface area contributed by atoms with Crippen molar-refractivity contribution in [3.8, 4) is 0 Å². The van der Waals surface area contributed by atoms with Crippen molar-refractivity contribution >= 4 is 16.6 Å². The molecule has 0 spiro atoms. The van der Waals surface area contributed by atoms with Gasteiger partial charge in [-0.25, -0.2) is 0 Å². The van der Waals surface area contributed by atoms with Crippen molar-refractivity contribution in [3.63, 3.8) is 0 Å². The van der Waals surface area contributed by atoms with Crippen molar-refractivity contribution in [2.24, 2.45) is 0 Å². The lowest BCUT2D eigenvalue weighted by molar-refractivity contribution is 0.663. The summed E-state index contributed by atoms with van der Waals surface area (Å²) in [4.78, 5) is 2.16. The van der Waals surface area contributed by atoms with Crippen molar-refractivity contribution in [1.29, 1.82) is 0 Å². The number of nitrogens with zero attached hydrogens (tertiary/aromatic N) is 3. The monoisotopic (exact) mass is 258 g/mol. The highest BCUT2D eigenvalue weighted by Gasteiger charge is 2.09. The SMILES string of the molecule is CCCNCCN(C)c1nnc(C)c2ccccc12. The highest BCUT2D eigenvalue weighted by molar-refractivity contribution is 5.93. The molecule has 0 unspecified atom stereocenters. The average Bonchev–Trinajstić information content (AvgIpc) is 2.44. The lowest BCUT2D eigenvalue weighted by Gasteiger charge is -2.20. The number of aromatic nitrogens is 2. The minimum absolute atomic E-state index is 0.932. The maximum absolute atomic E-state index is 4.35. The van der Waals surface area contributed by atoms with Crippen LogP contribution in [0.3, 0.4) is 0 Å². The van der Waals surface area contributed by atoms with Gasteiger partial charge in [-0.1, -0.05) is 31.2 Å². The Bertz CT molecular complexity index is 539. The van der Waals surface area contributed by atoms with Gasteiger partial charge in [-0.15, -0.1) is 5.10 Å². The first-order valence-corrected chi connectivity index (χ1v) is 6.88. The number of nitrogens with one attached hydrogen (secondary N) is 1. The molecule has 0 aliphatic heterocycles. The summed E-state index contributed by atoms with van der Waals surface area (Å²) in [6.45, 7) is 7.14. The lowest BCUT2D eigenvalue weighted by atomic mass is 10.1. The highest BCUT2D eigenvalue weighted by atomic mass is 15.3. The zero-order chi connectivity index (χ0) is 13.7. The molecular weight excluding hydrogens is 236 g/mol. The minimum Gasteiger partial charge on any atom is -0.356 e. The first-order chi connectivity index (χ1) is 9.24. The maximum atomic E-state index is 4.35. The van der Waals surface area contributed by atoms with E-state index < -0.39 is 0 Å². The van der Waals surface area contributed by atoms with Gasteiger partial charge >= 0.3 is 0 Å². The van der Waals surface area contributed by atoms with Gasteiger partial charge < -0.3 is 10.2 Å². The fourth-order valence-corrected chi connectivity index (χ4v) is 2.16. The van der Waals surface area contributed by atoms with E-state index in [0.717, 1.165) is 37.6 Å². The molecular formula is C15H22N4. The largest absolute Gasteiger partial charge is 0.356 e. The highest BCUT2D eigenvalue weighted by Crippen LogP contribution is 2.24. The van der Waals surface area contributed by atoms with Crippen LogP contribution in [0.5, 0.6) is 0 Å². The Labute approximate surface area is 114 Å². The van der Waals surface area contributed by atoms with E-state index in [4.69, 9.17) is 0 Å². The topological polar surface area (TPSA) is 41.0 Å². The normalized spacial score (nSPS) is 10.9. The molecule has 0 bridgehead atoms. The van der Waals surface area contributed by atoms with Gasteiger partial charge in [-0.3, -0.25) is 0 Å². The molecule has 4 heteroatoms. The number of likely N-dealkylation sites (N-methyl/N-ethyl adjacent to an activating group) is 1. The zero-order valence-corrected chi connectivity index (χ0v) is 12.0. The molecule has 1 N–H and O–H groups in total. The maximum Gasteiger partial charge on any atom is 0.158 e. The second kappa shape index (κ2) is 6.48. The van der Waals surface area contributed by atoms with E-state index in [9.17, 15) is 0 Å². The van der Waals surface area contributed by atoms with E-state index in [0.29, 0.717) is 0 Å². The fourth-order valence-electron chi connectivity index (χ4n) is 2.16. The molecule has 0 aliphatic carbocycles. The molecule has 0 aliphatic rings. The average molecular weight is 258 g/mol. The lowest BCUT2D eigenvalue weighted by Crippen LogP contribution is -2.30. The van der Waals surface area contributed by atoms with Crippen LogP contribution in [0, 0.1) is 6.92 Å². The fraction of sp³-hybridized carbons (Fsp3) is 0.467. The predicted molar refractivity (Wildman–Crippen MR) is 80.7 cm³/mol. The van der Waals surface area contributed by atoms with E-state index >= 15 is 0 Å². The summed E-state index contributed by atoms with van der Waals surface area (Å²) >= 11 is 0. The molecule has 19 heavy (non-hydrogen) atoms. The van der Waals surface area contributed by atoms with Crippen LogP contribution >= 0.6 is 0 Å². The van der Waals surface area contributed by atoms with Crippen molar-refractivity contribution in [2.45, 2.75) is 20.3 Å². The molecule has 1 aromatic heterocycles. The van der Waals surface area contributed by atoms with E-state index in [-0.39, 0.29) is 0 Å². The summed E-state index contributed by atoms with van der Waals surface area (Å²) in [5.41, 5.74) is 0.983. The number of anilines is 1. The summed E-state index contributed by atoms with van der Waals surface area (Å²) in [6.07, 6.45) is 1.16. The van der Waals surface area contributed by atoms with E-state index in [2.05, 4.69) is 52.6 Å². The molecule has 0 saturated heterocycles. The van der Waals surface area contributed by atoms with Crippen LogP contribution in [-0.2, 0) is 0 Å². The number of hydrogen-bond acceptors (Lipinski definition) is 4. The Hall–Kier alpha value is -1.68.